The summed E-state index contributed by atoms with van der Waals surface area (Å²) in [6.07, 6.45) is 6.41. The van der Waals surface area contributed by atoms with Crippen LogP contribution in [0.15, 0.2) is 12.4 Å². The minimum Gasteiger partial charge on any atom is -0.377 e. The fourth-order valence-electron chi connectivity index (χ4n) is 2.07. The summed E-state index contributed by atoms with van der Waals surface area (Å²) in [5, 5.41) is 7.68. The Morgan fingerprint density at radius 3 is 2.76 bits per heavy atom. The number of hydrogen-bond acceptors (Lipinski definition) is 3. The minimum absolute atomic E-state index is 0.261. The predicted octanol–water partition coefficient (Wildman–Crippen LogP) is 1.76. The molecule has 2 atom stereocenters. The number of likely N-dealkylation sites (N-methyl/N-ethyl adjacent to an activating group) is 1. The van der Waals surface area contributed by atoms with Crippen LogP contribution in [0.1, 0.15) is 32.8 Å². The molecule has 0 saturated heterocycles. The van der Waals surface area contributed by atoms with Gasteiger partial charge in [-0.15, -0.1) is 0 Å². The Kier molecular flexibility index (Phi) is 6.22. The van der Waals surface area contributed by atoms with E-state index in [0.717, 1.165) is 26.0 Å². The van der Waals surface area contributed by atoms with Crippen molar-refractivity contribution in [2.45, 2.75) is 45.8 Å². The Labute approximate surface area is 104 Å². The summed E-state index contributed by atoms with van der Waals surface area (Å²) in [5.41, 5.74) is 1.29. The summed E-state index contributed by atoms with van der Waals surface area (Å²) >= 11 is 0. The van der Waals surface area contributed by atoms with E-state index in [4.69, 9.17) is 4.74 Å². The van der Waals surface area contributed by atoms with E-state index in [1.165, 1.54) is 5.56 Å². The lowest BCUT2D eigenvalue weighted by Crippen LogP contribution is -2.40. The molecule has 1 heterocycles. The summed E-state index contributed by atoms with van der Waals surface area (Å²) in [5.74, 6) is 0. The summed E-state index contributed by atoms with van der Waals surface area (Å²) in [6.45, 7) is 8.07. The van der Waals surface area contributed by atoms with Crippen LogP contribution < -0.4 is 5.32 Å². The molecule has 0 spiro atoms. The molecule has 1 aromatic heterocycles. The highest BCUT2D eigenvalue weighted by atomic mass is 16.5. The number of aromatic nitrogens is 2. The van der Waals surface area contributed by atoms with Crippen LogP contribution >= 0.6 is 0 Å². The van der Waals surface area contributed by atoms with Crippen molar-refractivity contribution < 1.29 is 4.74 Å². The second-order valence-corrected chi connectivity index (χ2v) is 4.39. The van der Waals surface area contributed by atoms with Crippen molar-refractivity contribution in [3.8, 4) is 0 Å². The van der Waals surface area contributed by atoms with E-state index >= 15 is 0 Å². The molecule has 0 aliphatic carbocycles. The third kappa shape index (κ3) is 4.88. The van der Waals surface area contributed by atoms with Crippen molar-refractivity contribution in [2.75, 3.05) is 13.2 Å². The van der Waals surface area contributed by atoms with E-state index in [9.17, 15) is 0 Å². The molecule has 0 amide bonds. The van der Waals surface area contributed by atoms with E-state index < -0.39 is 0 Å². The first-order chi connectivity index (χ1) is 8.17. The molecule has 0 aliphatic heterocycles. The summed E-state index contributed by atoms with van der Waals surface area (Å²) in [6, 6.07) is 0.417. The zero-order chi connectivity index (χ0) is 12.7. The second kappa shape index (κ2) is 7.45. The van der Waals surface area contributed by atoms with E-state index in [0.29, 0.717) is 6.04 Å². The lowest BCUT2D eigenvalue weighted by atomic mass is 10.0. The molecule has 1 rings (SSSR count). The van der Waals surface area contributed by atoms with Gasteiger partial charge in [-0.25, -0.2) is 0 Å². The molecular weight excluding hydrogens is 214 g/mol. The van der Waals surface area contributed by atoms with E-state index in [1.807, 2.05) is 24.9 Å². The number of nitrogens with one attached hydrogen (secondary N) is 1. The van der Waals surface area contributed by atoms with Gasteiger partial charge in [-0.2, -0.15) is 5.10 Å². The third-order valence-corrected chi connectivity index (χ3v) is 2.96. The Morgan fingerprint density at radius 1 is 1.47 bits per heavy atom. The minimum atomic E-state index is 0.261. The molecule has 17 heavy (non-hydrogen) atoms. The number of hydrogen-bond donors (Lipinski definition) is 1. The van der Waals surface area contributed by atoms with Gasteiger partial charge in [0.05, 0.1) is 12.3 Å². The van der Waals surface area contributed by atoms with Crippen molar-refractivity contribution >= 4 is 0 Å². The monoisotopic (exact) mass is 239 g/mol. The number of aryl methyl sites for hydroxylation is 2. The van der Waals surface area contributed by atoms with Crippen molar-refractivity contribution in [1.29, 1.82) is 0 Å². The van der Waals surface area contributed by atoms with Crippen LogP contribution in [0.5, 0.6) is 0 Å². The van der Waals surface area contributed by atoms with Crippen molar-refractivity contribution in [3.63, 3.8) is 0 Å². The van der Waals surface area contributed by atoms with Crippen molar-refractivity contribution in [3.05, 3.63) is 18.0 Å². The molecule has 0 aliphatic rings. The molecule has 4 heteroatoms. The highest BCUT2D eigenvalue weighted by molar-refractivity contribution is 5.04. The maximum atomic E-state index is 5.67. The standard InChI is InChI=1S/C13H25N3O/c1-5-14-13(11(3)17-6-2)8-7-12-9-15-16(4)10-12/h9-11,13-14H,5-8H2,1-4H3. The van der Waals surface area contributed by atoms with Gasteiger partial charge in [-0.1, -0.05) is 6.92 Å². The molecule has 0 aromatic carbocycles. The fraction of sp³-hybridized carbons (Fsp3) is 0.769. The lowest BCUT2D eigenvalue weighted by Gasteiger charge is -2.24. The van der Waals surface area contributed by atoms with Gasteiger partial charge in [-0.05, 0) is 38.8 Å². The molecule has 0 saturated carbocycles. The van der Waals surface area contributed by atoms with E-state index in [1.54, 1.807) is 0 Å². The Morgan fingerprint density at radius 2 is 2.24 bits per heavy atom. The number of nitrogens with zero attached hydrogens (tertiary/aromatic N) is 2. The van der Waals surface area contributed by atoms with Crippen LogP contribution in [-0.4, -0.2) is 35.1 Å². The van der Waals surface area contributed by atoms with Gasteiger partial charge in [-0.3, -0.25) is 4.68 Å². The normalized spacial score (nSPS) is 14.8. The molecule has 0 radical (unpaired) electrons. The SMILES string of the molecule is CCNC(CCc1cnn(C)c1)C(C)OCC. The lowest BCUT2D eigenvalue weighted by molar-refractivity contribution is 0.0458. The Bertz CT molecular complexity index is 311. The highest BCUT2D eigenvalue weighted by Crippen LogP contribution is 2.09. The van der Waals surface area contributed by atoms with Gasteiger partial charge in [0.2, 0.25) is 0 Å². The zero-order valence-electron chi connectivity index (χ0n) is 11.4. The van der Waals surface area contributed by atoms with E-state index in [2.05, 4.69) is 30.5 Å². The molecule has 0 bridgehead atoms. The van der Waals surface area contributed by atoms with Crippen LogP contribution in [0.3, 0.4) is 0 Å². The summed E-state index contributed by atoms with van der Waals surface area (Å²) in [7, 11) is 1.95. The van der Waals surface area contributed by atoms with Gasteiger partial charge >= 0.3 is 0 Å². The average molecular weight is 239 g/mol. The molecule has 2 unspecified atom stereocenters. The van der Waals surface area contributed by atoms with Crippen LogP contribution in [0.25, 0.3) is 0 Å². The predicted molar refractivity (Wildman–Crippen MR) is 70.1 cm³/mol. The molecular formula is C13H25N3O. The van der Waals surface area contributed by atoms with Crippen LogP contribution in [-0.2, 0) is 18.2 Å². The first-order valence-electron chi connectivity index (χ1n) is 6.49. The smallest absolute Gasteiger partial charge is 0.0699 e. The van der Waals surface area contributed by atoms with Gasteiger partial charge in [0, 0.05) is 25.9 Å². The fourth-order valence-corrected chi connectivity index (χ4v) is 2.07. The second-order valence-electron chi connectivity index (χ2n) is 4.39. The van der Waals surface area contributed by atoms with Crippen LogP contribution in [0.4, 0.5) is 0 Å². The molecule has 1 aromatic rings. The molecule has 4 nitrogen and oxygen atoms in total. The summed E-state index contributed by atoms with van der Waals surface area (Å²) < 4.78 is 7.52. The number of ether oxygens (including phenoxy) is 1. The van der Waals surface area contributed by atoms with E-state index in [-0.39, 0.29) is 6.10 Å². The summed E-state index contributed by atoms with van der Waals surface area (Å²) in [4.78, 5) is 0. The Balaban J connectivity index is 2.43. The van der Waals surface area contributed by atoms with Gasteiger partial charge in [0.25, 0.3) is 0 Å². The molecule has 98 valence electrons. The first-order valence-corrected chi connectivity index (χ1v) is 6.49. The van der Waals surface area contributed by atoms with Crippen molar-refractivity contribution in [1.82, 2.24) is 15.1 Å². The molecule has 1 N–H and O–H groups in total. The first kappa shape index (κ1) is 14.2. The highest BCUT2D eigenvalue weighted by Gasteiger charge is 2.16. The van der Waals surface area contributed by atoms with Gasteiger partial charge < -0.3 is 10.1 Å². The molecule has 0 fully saturated rings. The van der Waals surface area contributed by atoms with Crippen LogP contribution in [0, 0.1) is 0 Å². The maximum absolute atomic E-state index is 5.67. The quantitative estimate of drug-likeness (QED) is 0.751. The average Bonchev–Trinajstić information content (AvgIpc) is 2.70. The topological polar surface area (TPSA) is 39.1 Å². The van der Waals surface area contributed by atoms with Gasteiger partial charge in [0.15, 0.2) is 0 Å². The number of rotatable bonds is 8. The van der Waals surface area contributed by atoms with Crippen molar-refractivity contribution in [2.24, 2.45) is 7.05 Å². The third-order valence-electron chi connectivity index (χ3n) is 2.96. The van der Waals surface area contributed by atoms with Crippen LogP contribution in [0.2, 0.25) is 0 Å². The van der Waals surface area contributed by atoms with Gasteiger partial charge in [0.1, 0.15) is 0 Å². The Hall–Kier alpha value is -0.870. The largest absolute Gasteiger partial charge is 0.377 e. The zero-order valence-corrected chi connectivity index (χ0v) is 11.4. The maximum Gasteiger partial charge on any atom is 0.0699 e.